The van der Waals surface area contributed by atoms with Gasteiger partial charge in [-0.15, -0.1) is 0 Å². The van der Waals surface area contributed by atoms with Gasteiger partial charge in [0.25, 0.3) is 11.8 Å². The number of carbonyl (C=O) groups is 3. The summed E-state index contributed by atoms with van der Waals surface area (Å²) in [6.07, 6.45) is 0. The van der Waals surface area contributed by atoms with Crippen molar-refractivity contribution in [2.24, 2.45) is 0 Å². The smallest absolute Gasteiger partial charge is 0.338 e. The molecule has 1 aromatic heterocycles. The number of rotatable bonds is 4. The summed E-state index contributed by atoms with van der Waals surface area (Å²) in [5.74, 6) is -1.54. The van der Waals surface area contributed by atoms with Gasteiger partial charge in [0, 0.05) is 17.0 Å². The number of aryl methyl sites for hydroxylation is 2. The summed E-state index contributed by atoms with van der Waals surface area (Å²) in [5.41, 5.74) is 3.38. The lowest BCUT2D eigenvalue weighted by atomic mass is 10.0. The molecule has 0 unspecified atom stereocenters. The van der Waals surface area contributed by atoms with Gasteiger partial charge in [0.05, 0.1) is 22.4 Å². The maximum absolute atomic E-state index is 12.8. The molecule has 5 rings (SSSR count). The molecule has 0 spiro atoms. The number of esters is 1. The van der Waals surface area contributed by atoms with Crippen molar-refractivity contribution in [1.29, 1.82) is 0 Å². The summed E-state index contributed by atoms with van der Waals surface area (Å²) in [6, 6.07) is 17.8. The largest absolute Gasteiger partial charge is 0.457 e. The molecule has 2 amide bonds. The standard InChI is InChI=1S/C27H19NO6/c1-15-10-11-20-18(13-23(29)34-24(20)16(15)2)14-33-27(32)17-6-5-7-19(12-17)28-25(30)21-8-3-4-9-22(21)26(28)31/h3-13H,14H2,1-2H3. The molecule has 7 heteroatoms. The van der Waals surface area contributed by atoms with Crippen LogP contribution in [0.4, 0.5) is 5.69 Å². The van der Waals surface area contributed by atoms with E-state index in [1.165, 1.54) is 18.2 Å². The minimum Gasteiger partial charge on any atom is -0.457 e. The quantitative estimate of drug-likeness (QED) is 0.255. The Morgan fingerprint density at radius 2 is 1.59 bits per heavy atom. The zero-order chi connectivity index (χ0) is 24.0. The minimum absolute atomic E-state index is 0.138. The van der Waals surface area contributed by atoms with Gasteiger partial charge in [-0.2, -0.15) is 0 Å². The van der Waals surface area contributed by atoms with Gasteiger partial charge < -0.3 is 9.15 Å². The molecule has 3 aromatic carbocycles. The highest BCUT2D eigenvalue weighted by Crippen LogP contribution is 2.29. The Hall–Kier alpha value is -4.52. The number of fused-ring (bicyclic) bond motifs is 2. The third-order valence-electron chi connectivity index (χ3n) is 6.01. The first-order chi connectivity index (χ1) is 16.3. The zero-order valence-electron chi connectivity index (χ0n) is 18.5. The van der Waals surface area contributed by atoms with Crippen LogP contribution in [0.2, 0.25) is 0 Å². The third kappa shape index (κ3) is 3.47. The Kier molecular flexibility index (Phi) is 5.09. The van der Waals surface area contributed by atoms with Gasteiger partial charge in [-0.05, 0) is 55.3 Å². The van der Waals surface area contributed by atoms with Crippen molar-refractivity contribution in [3.63, 3.8) is 0 Å². The van der Waals surface area contributed by atoms with E-state index in [0.29, 0.717) is 27.7 Å². The molecule has 1 aliphatic rings. The Labute approximate surface area is 194 Å². The van der Waals surface area contributed by atoms with Gasteiger partial charge in [-0.25, -0.2) is 14.5 Å². The minimum atomic E-state index is -0.649. The van der Waals surface area contributed by atoms with Gasteiger partial charge in [-0.3, -0.25) is 9.59 Å². The van der Waals surface area contributed by atoms with Crippen LogP contribution in [0, 0.1) is 13.8 Å². The number of ether oxygens (including phenoxy) is 1. The summed E-state index contributed by atoms with van der Waals surface area (Å²) in [6.45, 7) is 3.64. The van der Waals surface area contributed by atoms with Crippen molar-refractivity contribution < 1.29 is 23.5 Å². The predicted molar refractivity (Wildman–Crippen MR) is 125 cm³/mol. The molecule has 0 saturated carbocycles. The fourth-order valence-corrected chi connectivity index (χ4v) is 4.07. The second-order valence-electron chi connectivity index (χ2n) is 8.09. The maximum atomic E-state index is 12.8. The Balaban J connectivity index is 1.40. The molecule has 0 radical (unpaired) electrons. The fourth-order valence-electron chi connectivity index (χ4n) is 4.07. The summed E-state index contributed by atoms with van der Waals surface area (Å²) in [5, 5.41) is 0.690. The second-order valence-corrected chi connectivity index (χ2v) is 8.09. The van der Waals surface area contributed by atoms with E-state index < -0.39 is 23.4 Å². The lowest BCUT2D eigenvalue weighted by Gasteiger charge is -2.15. The zero-order valence-corrected chi connectivity index (χ0v) is 18.5. The van der Waals surface area contributed by atoms with Crippen LogP contribution >= 0.6 is 0 Å². The Morgan fingerprint density at radius 1 is 0.882 bits per heavy atom. The highest BCUT2D eigenvalue weighted by molar-refractivity contribution is 6.34. The van der Waals surface area contributed by atoms with E-state index in [-0.39, 0.29) is 17.9 Å². The number of benzene rings is 3. The van der Waals surface area contributed by atoms with Crippen LogP contribution in [0.3, 0.4) is 0 Å². The first-order valence-corrected chi connectivity index (χ1v) is 10.6. The molecule has 0 bridgehead atoms. The molecule has 0 saturated heterocycles. The average Bonchev–Trinajstić information content (AvgIpc) is 3.10. The lowest BCUT2D eigenvalue weighted by Crippen LogP contribution is -2.29. The van der Waals surface area contributed by atoms with Crippen LogP contribution < -0.4 is 10.5 Å². The fraction of sp³-hybridized carbons (Fsp3) is 0.111. The topological polar surface area (TPSA) is 93.9 Å². The monoisotopic (exact) mass is 453 g/mol. The van der Waals surface area contributed by atoms with Crippen molar-refractivity contribution in [3.05, 3.63) is 111 Å². The molecule has 2 heterocycles. The molecule has 0 aliphatic carbocycles. The predicted octanol–water partition coefficient (Wildman–Crippen LogP) is 4.57. The number of nitrogens with zero attached hydrogens (tertiary/aromatic N) is 1. The number of carbonyl (C=O) groups excluding carboxylic acids is 3. The average molecular weight is 453 g/mol. The van der Waals surface area contributed by atoms with Crippen LogP contribution in [0.1, 0.15) is 47.8 Å². The van der Waals surface area contributed by atoms with Gasteiger partial charge in [0.2, 0.25) is 0 Å². The highest BCUT2D eigenvalue weighted by atomic mass is 16.5. The molecule has 4 aromatic rings. The molecule has 1 aliphatic heterocycles. The van der Waals surface area contributed by atoms with Crippen LogP contribution in [0.5, 0.6) is 0 Å². The molecular weight excluding hydrogens is 434 g/mol. The number of anilines is 1. The highest BCUT2D eigenvalue weighted by Gasteiger charge is 2.36. The SMILES string of the molecule is Cc1ccc2c(COC(=O)c3cccc(N4C(=O)c5ccccc5C4=O)c3)cc(=O)oc2c1C. The molecule has 0 N–H and O–H groups in total. The molecule has 34 heavy (non-hydrogen) atoms. The second kappa shape index (κ2) is 8.12. The maximum Gasteiger partial charge on any atom is 0.338 e. The van der Waals surface area contributed by atoms with Crippen molar-refractivity contribution >= 4 is 34.4 Å². The number of amides is 2. The third-order valence-corrected chi connectivity index (χ3v) is 6.01. The summed E-state index contributed by atoms with van der Waals surface area (Å²) in [4.78, 5) is 51.4. The van der Waals surface area contributed by atoms with Gasteiger partial charge in [0.15, 0.2) is 0 Å². The van der Waals surface area contributed by atoms with Crippen LogP contribution in [-0.2, 0) is 11.3 Å². The Morgan fingerprint density at radius 3 is 2.29 bits per heavy atom. The molecular formula is C27H19NO6. The number of hydrogen-bond acceptors (Lipinski definition) is 6. The van der Waals surface area contributed by atoms with Crippen molar-refractivity contribution in [2.45, 2.75) is 20.5 Å². The molecule has 168 valence electrons. The van der Waals surface area contributed by atoms with E-state index in [9.17, 15) is 19.2 Å². The normalized spacial score (nSPS) is 12.8. The van der Waals surface area contributed by atoms with E-state index in [4.69, 9.17) is 9.15 Å². The first kappa shape index (κ1) is 21.3. The first-order valence-electron chi connectivity index (χ1n) is 10.6. The molecule has 0 atom stereocenters. The Bertz CT molecular complexity index is 1530. The molecule has 0 fully saturated rings. The van der Waals surface area contributed by atoms with Crippen LogP contribution in [-0.4, -0.2) is 17.8 Å². The summed E-state index contributed by atoms with van der Waals surface area (Å²) < 4.78 is 10.8. The molecule has 7 nitrogen and oxygen atoms in total. The van der Waals surface area contributed by atoms with Crippen molar-refractivity contribution in [1.82, 2.24) is 0 Å². The summed E-state index contributed by atoms with van der Waals surface area (Å²) >= 11 is 0. The van der Waals surface area contributed by atoms with Gasteiger partial charge in [0.1, 0.15) is 12.2 Å². The number of imide groups is 1. The van der Waals surface area contributed by atoms with Crippen molar-refractivity contribution in [3.8, 4) is 0 Å². The van der Waals surface area contributed by atoms with E-state index in [0.717, 1.165) is 16.0 Å². The van der Waals surface area contributed by atoms with E-state index in [1.807, 2.05) is 26.0 Å². The lowest BCUT2D eigenvalue weighted by molar-refractivity contribution is 0.0473. The van der Waals surface area contributed by atoms with Gasteiger partial charge >= 0.3 is 11.6 Å². The van der Waals surface area contributed by atoms with Crippen molar-refractivity contribution in [2.75, 3.05) is 4.90 Å². The van der Waals surface area contributed by atoms with E-state index >= 15 is 0 Å². The van der Waals surface area contributed by atoms with E-state index in [1.54, 1.807) is 36.4 Å². The number of hydrogen-bond donors (Lipinski definition) is 0. The van der Waals surface area contributed by atoms with Crippen LogP contribution in [0.15, 0.2) is 75.9 Å². The summed E-state index contributed by atoms with van der Waals surface area (Å²) in [7, 11) is 0. The van der Waals surface area contributed by atoms with Gasteiger partial charge in [-0.1, -0.05) is 30.3 Å². The van der Waals surface area contributed by atoms with Crippen LogP contribution in [0.25, 0.3) is 11.0 Å². The van der Waals surface area contributed by atoms with E-state index in [2.05, 4.69) is 0 Å².